The highest BCUT2D eigenvalue weighted by Crippen LogP contribution is 2.07. The smallest absolute Gasteiger partial charge is 0.0233 e. The zero-order valence-electron chi connectivity index (χ0n) is 5.88. The van der Waals surface area contributed by atoms with Gasteiger partial charge in [0.1, 0.15) is 0 Å². The topological polar surface area (TPSA) is 21.9 Å². The van der Waals surface area contributed by atoms with Gasteiger partial charge in [-0.05, 0) is 12.0 Å². The van der Waals surface area contributed by atoms with Crippen LogP contribution in [0.5, 0.6) is 0 Å². The van der Waals surface area contributed by atoms with Crippen molar-refractivity contribution < 1.29 is 0 Å². The summed E-state index contributed by atoms with van der Waals surface area (Å²) in [6, 6.07) is 11.4. The summed E-state index contributed by atoms with van der Waals surface area (Å²) in [5, 5.41) is 3.28. The highest BCUT2D eigenvalue weighted by atomic mass is 15.1. The molecule has 1 heteroatoms. The van der Waals surface area contributed by atoms with Gasteiger partial charge in [0.15, 0.2) is 0 Å². The largest absolute Gasteiger partial charge is 0.311 e. The van der Waals surface area contributed by atoms with E-state index in [0.717, 1.165) is 6.04 Å². The summed E-state index contributed by atoms with van der Waals surface area (Å²) in [4.78, 5) is 0. The molecule has 0 spiro atoms. The van der Waals surface area contributed by atoms with Crippen LogP contribution >= 0.6 is 0 Å². The predicted molar refractivity (Wildman–Crippen MR) is 41.9 cm³/mol. The van der Waals surface area contributed by atoms with Gasteiger partial charge in [0.05, 0.1) is 0 Å². The zero-order valence-corrected chi connectivity index (χ0v) is 5.88. The lowest BCUT2D eigenvalue weighted by molar-refractivity contribution is 0.930. The Morgan fingerprint density at radius 3 is 2.60 bits per heavy atom. The average Bonchev–Trinajstić information content (AvgIpc) is 2.74. The van der Waals surface area contributed by atoms with Crippen LogP contribution in [-0.2, 0) is 6.42 Å². The van der Waals surface area contributed by atoms with Crippen molar-refractivity contribution >= 4 is 0 Å². The molecule has 0 aromatic heterocycles. The first-order valence-corrected chi connectivity index (χ1v) is 3.72. The van der Waals surface area contributed by atoms with E-state index in [1.807, 2.05) is 0 Å². The van der Waals surface area contributed by atoms with Gasteiger partial charge in [0, 0.05) is 12.6 Å². The molecular formula is C9H11N. The first-order valence-electron chi connectivity index (χ1n) is 3.72. The molecule has 2 rings (SSSR count). The van der Waals surface area contributed by atoms with Gasteiger partial charge in [-0.25, -0.2) is 0 Å². The molecule has 0 bridgehead atoms. The standard InChI is InChI=1S/C9H11N/c1-2-4-8(5-3-1)6-9-7-10-9/h1-5,9-10H,6-7H2/t9-/m0/s1. The predicted octanol–water partition coefficient (Wildman–Crippen LogP) is 1.20. The van der Waals surface area contributed by atoms with Crippen LogP contribution < -0.4 is 5.32 Å². The summed E-state index contributed by atoms with van der Waals surface area (Å²) < 4.78 is 0. The summed E-state index contributed by atoms with van der Waals surface area (Å²) in [7, 11) is 0. The Labute approximate surface area is 61.1 Å². The second-order valence-corrected chi connectivity index (χ2v) is 2.79. The second-order valence-electron chi connectivity index (χ2n) is 2.79. The zero-order chi connectivity index (χ0) is 6.81. The molecule has 52 valence electrons. The van der Waals surface area contributed by atoms with Crippen molar-refractivity contribution in [1.82, 2.24) is 5.32 Å². The summed E-state index contributed by atoms with van der Waals surface area (Å²) in [6.07, 6.45) is 1.20. The van der Waals surface area contributed by atoms with Crippen molar-refractivity contribution in [3.63, 3.8) is 0 Å². The van der Waals surface area contributed by atoms with Gasteiger partial charge < -0.3 is 5.32 Å². The van der Waals surface area contributed by atoms with E-state index in [-0.39, 0.29) is 0 Å². The Kier molecular flexibility index (Phi) is 1.44. The summed E-state index contributed by atoms with van der Waals surface area (Å²) in [6.45, 7) is 1.20. The minimum absolute atomic E-state index is 0.766. The van der Waals surface area contributed by atoms with Gasteiger partial charge in [-0.2, -0.15) is 0 Å². The van der Waals surface area contributed by atoms with E-state index in [9.17, 15) is 0 Å². The molecule has 1 aromatic carbocycles. The van der Waals surface area contributed by atoms with E-state index >= 15 is 0 Å². The summed E-state index contributed by atoms with van der Waals surface area (Å²) >= 11 is 0. The lowest BCUT2D eigenvalue weighted by Crippen LogP contribution is -1.95. The van der Waals surface area contributed by atoms with E-state index < -0.39 is 0 Å². The molecule has 1 atom stereocenters. The molecule has 10 heavy (non-hydrogen) atoms. The molecule has 0 aliphatic carbocycles. The molecule has 0 radical (unpaired) electrons. The van der Waals surface area contributed by atoms with Gasteiger partial charge in [-0.15, -0.1) is 0 Å². The van der Waals surface area contributed by atoms with Gasteiger partial charge in [0.25, 0.3) is 0 Å². The Morgan fingerprint density at radius 2 is 2.00 bits per heavy atom. The van der Waals surface area contributed by atoms with E-state index in [1.165, 1.54) is 18.5 Å². The maximum absolute atomic E-state index is 3.28. The van der Waals surface area contributed by atoms with Crippen LogP contribution in [-0.4, -0.2) is 12.6 Å². The second kappa shape index (κ2) is 2.43. The average molecular weight is 133 g/mol. The molecule has 1 N–H and O–H groups in total. The fraction of sp³-hybridized carbons (Fsp3) is 0.333. The first kappa shape index (κ1) is 5.93. The van der Waals surface area contributed by atoms with Crippen LogP contribution in [0.3, 0.4) is 0 Å². The summed E-state index contributed by atoms with van der Waals surface area (Å²) in [5.41, 5.74) is 1.44. The molecule has 1 saturated heterocycles. The molecule has 1 nitrogen and oxygen atoms in total. The molecule has 0 unspecified atom stereocenters. The van der Waals surface area contributed by atoms with Gasteiger partial charge in [0.2, 0.25) is 0 Å². The van der Waals surface area contributed by atoms with Crippen LogP contribution in [0, 0.1) is 0 Å². The van der Waals surface area contributed by atoms with Crippen LogP contribution in [0.25, 0.3) is 0 Å². The van der Waals surface area contributed by atoms with Gasteiger partial charge >= 0.3 is 0 Å². The van der Waals surface area contributed by atoms with E-state index in [2.05, 4.69) is 35.6 Å². The summed E-state index contributed by atoms with van der Waals surface area (Å²) in [5.74, 6) is 0. The monoisotopic (exact) mass is 133 g/mol. The third-order valence-corrected chi connectivity index (χ3v) is 1.82. The van der Waals surface area contributed by atoms with Crippen molar-refractivity contribution in [1.29, 1.82) is 0 Å². The lowest BCUT2D eigenvalue weighted by Gasteiger charge is -1.94. The quantitative estimate of drug-likeness (QED) is 0.601. The number of hydrogen-bond donors (Lipinski definition) is 1. The number of benzene rings is 1. The fourth-order valence-corrected chi connectivity index (χ4v) is 1.13. The number of nitrogens with one attached hydrogen (secondary N) is 1. The molecule has 0 saturated carbocycles. The number of hydrogen-bond acceptors (Lipinski definition) is 1. The molecule has 1 heterocycles. The van der Waals surface area contributed by atoms with Crippen molar-refractivity contribution in [2.75, 3.05) is 6.54 Å². The van der Waals surface area contributed by atoms with Crippen molar-refractivity contribution in [2.45, 2.75) is 12.5 Å². The van der Waals surface area contributed by atoms with Crippen molar-refractivity contribution in [2.24, 2.45) is 0 Å². The van der Waals surface area contributed by atoms with Crippen LogP contribution in [0.4, 0.5) is 0 Å². The van der Waals surface area contributed by atoms with E-state index in [1.54, 1.807) is 0 Å². The Balaban J connectivity index is 2.03. The Bertz CT molecular complexity index is 201. The van der Waals surface area contributed by atoms with Crippen molar-refractivity contribution in [3.05, 3.63) is 35.9 Å². The lowest BCUT2D eigenvalue weighted by atomic mass is 10.1. The maximum atomic E-state index is 3.28. The molecule has 0 amide bonds. The van der Waals surface area contributed by atoms with Crippen LogP contribution in [0.1, 0.15) is 5.56 Å². The molecule has 1 fully saturated rings. The Hall–Kier alpha value is -0.820. The highest BCUT2D eigenvalue weighted by molar-refractivity contribution is 5.17. The maximum Gasteiger partial charge on any atom is 0.0233 e. The fourth-order valence-electron chi connectivity index (χ4n) is 1.13. The van der Waals surface area contributed by atoms with Crippen LogP contribution in [0.15, 0.2) is 30.3 Å². The van der Waals surface area contributed by atoms with Gasteiger partial charge in [-0.3, -0.25) is 0 Å². The molecular weight excluding hydrogens is 122 g/mol. The third kappa shape index (κ3) is 1.36. The SMILES string of the molecule is c1ccc(C[C@H]2CN2)cc1. The molecule has 1 aliphatic heterocycles. The first-order chi connectivity index (χ1) is 4.95. The molecule has 1 aliphatic rings. The minimum atomic E-state index is 0.766. The minimum Gasteiger partial charge on any atom is -0.311 e. The number of rotatable bonds is 2. The van der Waals surface area contributed by atoms with E-state index in [4.69, 9.17) is 0 Å². The van der Waals surface area contributed by atoms with E-state index in [0.29, 0.717) is 0 Å². The normalized spacial score (nSPS) is 22.6. The molecule has 1 aromatic rings. The third-order valence-electron chi connectivity index (χ3n) is 1.82. The highest BCUT2D eigenvalue weighted by Gasteiger charge is 2.19. The van der Waals surface area contributed by atoms with Gasteiger partial charge in [-0.1, -0.05) is 30.3 Å². The van der Waals surface area contributed by atoms with Crippen molar-refractivity contribution in [3.8, 4) is 0 Å². The van der Waals surface area contributed by atoms with Crippen LogP contribution in [0.2, 0.25) is 0 Å². The Morgan fingerprint density at radius 1 is 1.30 bits per heavy atom.